The van der Waals surface area contributed by atoms with Crippen LogP contribution in [0.3, 0.4) is 0 Å². The van der Waals surface area contributed by atoms with Crippen molar-refractivity contribution in [2.75, 3.05) is 11.1 Å². The molecule has 0 aliphatic carbocycles. The molecule has 7 heteroatoms. The molecule has 0 saturated carbocycles. The summed E-state index contributed by atoms with van der Waals surface area (Å²) in [7, 11) is 0. The number of hydrogen-bond acceptors (Lipinski definition) is 6. The van der Waals surface area contributed by atoms with Crippen molar-refractivity contribution >= 4 is 34.0 Å². The van der Waals surface area contributed by atoms with Gasteiger partial charge in [-0.1, -0.05) is 0 Å². The fourth-order valence-corrected chi connectivity index (χ4v) is 1.85. The molecule has 0 bridgehead atoms. The Morgan fingerprint density at radius 1 is 1.53 bits per heavy atom. The lowest BCUT2D eigenvalue weighted by molar-refractivity contribution is 0.0697. The second-order valence-corrected chi connectivity index (χ2v) is 4.13. The van der Waals surface area contributed by atoms with Gasteiger partial charge in [-0.15, -0.1) is 0 Å². The van der Waals surface area contributed by atoms with E-state index in [0.29, 0.717) is 22.3 Å². The van der Waals surface area contributed by atoms with Crippen molar-refractivity contribution in [2.24, 2.45) is 0 Å². The van der Waals surface area contributed by atoms with Crippen molar-refractivity contribution in [2.45, 2.75) is 6.92 Å². The normalized spacial score (nSPS) is 10.2. The van der Waals surface area contributed by atoms with Gasteiger partial charge in [0.05, 0.1) is 16.9 Å². The smallest absolute Gasteiger partial charge is 0.335 e. The van der Waals surface area contributed by atoms with Crippen LogP contribution in [-0.2, 0) is 0 Å². The van der Waals surface area contributed by atoms with Gasteiger partial charge in [-0.25, -0.2) is 9.78 Å². The molecule has 0 amide bonds. The fourth-order valence-electron chi connectivity index (χ4n) is 1.26. The zero-order valence-electron chi connectivity index (χ0n) is 8.97. The summed E-state index contributed by atoms with van der Waals surface area (Å²) in [5, 5.41) is 12.4. The van der Waals surface area contributed by atoms with Crippen LogP contribution in [0.1, 0.15) is 16.2 Å². The Balaban J connectivity index is 2.31. The van der Waals surface area contributed by atoms with Gasteiger partial charge in [0.1, 0.15) is 5.82 Å². The number of nitrogen functional groups attached to an aromatic ring is 1. The molecule has 88 valence electrons. The second-order valence-electron chi connectivity index (χ2n) is 3.38. The number of carboxylic acid groups (broad SMARTS) is 1. The van der Waals surface area contributed by atoms with Crippen LogP contribution in [0.4, 0.5) is 16.5 Å². The first kappa shape index (κ1) is 11.3. The molecule has 0 aliphatic heterocycles. The number of aromatic nitrogens is 2. The van der Waals surface area contributed by atoms with E-state index in [1.54, 1.807) is 13.0 Å². The summed E-state index contributed by atoms with van der Waals surface area (Å²) in [4.78, 5) is 14.9. The molecule has 0 atom stereocenters. The molecule has 0 unspecified atom stereocenters. The molecule has 2 aromatic rings. The average molecular weight is 250 g/mol. The van der Waals surface area contributed by atoms with Crippen molar-refractivity contribution in [1.82, 2.24) is 9.36 Å². The zero-order chi connectivity index (χ0) is 12.4. The predicted molar refractivity (Wildman–Crippen MR) is 65.7 cm³/mol. The maximum Gasteiger partial charge on any atom is 0.335 e. The van der Waals surface area contributed by atoms with Gasteiger partial charge in [-0.3, -0.25) is 0 Å². The number of carbonyl (C=O) groups is 1. The molecule has 1 aromatic heterocycles. The third-order valence-corrected chi connectivity index (χ3v) is 2.79. The Bertz CT molecular complexity index is 567. The van der Waals surface area contributed by atoms with Crippen LogP contribution in [0.25, 0.3) is 0 Å². The van der Waals surface area contributed by atoms with Crippen molar-refractivity contribution in [3.63, 3.8) is 0 Å². The monoisotopic (exact) mass is 250 g/mol. The molecular weight excluding hydrogens is 240 g/mol. The Morgan fingerprint density at radius 2 is 2.29 bits per heavy atom. The molecule has 0 fully saturated rings. The summed E-state index contributed by atoms with van der Waals surface area (Å²) >= 11 is 1.19. The first-order valence-corrected chi connectivity index (χ1v) is 5.54. The molecule has 1 aromatic carbocycles. The number of anilines is 3. The highest BCUT2D eigenvalue weighted by Crippen LogP contribution is 2.25. The number of nitrogens with one attached hydrogen (secondary N) is 1. The van der Waals surface area contributed by atoms with Crippen LogP contribution in [-0.4, -0.2) is 20.4 Å². The largest absolute Gasteiger partial charge is 0.478 e. The molecule has 0 saturated heterocycles. The average Bonchev–Trinajstić information content (AvgIpc) is 2.67. The maximum atomic E-state index is 10.8. The predicted octanol–water partition coefficient (Wildman–Crippen LogP) is 1.87. The number of aromatic carboxylic acids is 1. The SMILES string of the molecule is Cc1nsc(Nc2cc(C(=O)O)ccc2N)n1. The van der Waals surface area contributed by atoms with Crippen molar-refractivity contribution < 1.29 is 9.90 Å². The Labute approximate surface area is 101 Å². The number of rotatable bonds is 3. The highest BCUT2D eigenvalue weighted by Gasteiger charge is 2.08. The standard InChI is InChI=1S/C10H10N4O2S/c1-5-12-10(17-14-5)13-8-4-6(9(15)16)2-3-7(8)11/h2-4H,11H2,1H3,(H,15,16)(H,12,13,14). The number of aryl methyl sites for hydroxylation is 1. The summed E-state index contributed by atoms with van der Waals surface area (Å²) in [6, 6.07) is 4.46. The van der Waals surface area contributed by atoms with Gasteiger partial charge in [0.15, 0.2) is 0 Å². The third kappa shape index (κ3) is 2.51. The Hall–Kier alpha value is -2.15. The summed E-state index contributed by atoms with van der Waals surface area (Å²) in [6.45, 7) is 1.78. The minimum Gasteiger partial charge on any atom is -0.478 e. The molecule has 0 aliphatic rings. The molecule has 17 heavy (non-hydrogen) atoms. The third-order valence-electron chi connectivity index (χ3n) is 2.07. The van der Waals surface area contributed by atoms with Crippen LogP contribution in [0, 0.1) is 6.92 Å². The van der Waals surface area contributed by atoms with E-state index in [2.05, 4.69) is 14.7 Å². The van der Waals surface area contributed by atoms with E-state index < -0.39 is 5.97 Å². The van der Waals surface area contributed by atoms with Crippen molar-refractivity contribution in [3.8, 4) is 0 Å². The van der Waals surface area contributed by atoms with Gasteiger partial charge >= 0.3 is 5.97 Å². The topological polar surface area (TPSA) is 101 Å². The minimum absolute atomic E-state index is 0.169. The van der Waals surface area contributed by atoms with Gasteiger partial charge in [0, 0.05) is 11.5 Å². The maximum absolute atomic E-state index is 10.8. The number of carboxylic acids is 1. The van der Waals surface area contributed by atoms with Crippen LogP contribution < -0.4 is 11.1 Å². The molecular formula is C10H10N4O2S. The number of nitrogens with zero attached hydrogens (tertiary/aromatic N) is 2. The summed E-state index contributed by atoms with van der Waals surface area (Å²) < 4.78 is 4.01. The van der Waals surface area contributed by atoms with Gasteiger partial charge < -0.3 is 16.2 Å². The second kappa shape index (κ2) is 4.38. The highest BCUT2D eigenvalue weighted by molar-refractivity contribution is 7.09. The van der Waals surface area contributed by atoms with E-state index in [9.17, 15) is 4.79 Å². The van der Waals surface area contributed by atoms with E-state index in [0.717, 1.165) is 0 Å². The quantitative estimate of drug-likeness (QED) is 0.719. The van der Waals surface area contributed by atoms with Crippen molar-refractivity contribution in [1.29, 1.82) is 0 Å². The number of hydrogen-bond donors (Lipinski definition) is 3. The molecule has 0 radical (unpaired) electrons. The number of benzene rings is 1. The minimum atomic E-state index is -0.999. The van der Waals surface area contributed by atoms with E-state index in [1.165, 1.54) is 23.7 Å². The summed E-state index contributed by atoms with van der Waals surface area (Å²) in [5.41, 5.74) is 6.89. The molecule has 2 rings (SSSR count). The van der Waals surface area contributed by atoms with Crippen LogP contribution in [0.5, 0.6) is 0 Å². The molecule has 0 spiro atoms. The van der Waals surface area contributed by atoms with Crippen LogP contribution in [0.15, 0.2) is 18.2 Å². The highest BCUT2D eigenvalue weighted by atomic mass is 32.1. The first-order chi connectivity index (χ1) is 8.06. The lowest BCUT2D eigenvalue weighted by Gasteiger charge is -2.06. The zero-order valence-corrected chi connectivity index (χ0v) is 9.78. The molecule has 6 nitrogen and oxygen atoms in total. The number of nitrogens with two attached hydrogens (primary N) is 1. The summed E-state index contributed by atoms with van der Waals surface area (Å²) in [5.74, 6) is -0.341. The van der Waals surface area contributed by atoms with Gasteiger partial charge in [-0.2, -0.15) is 4.37 Å². The van der Waals surface area contributed by atoms with Gasteiger partial charge in [0.2, 0.25) is 5.13 Å². The molecule has 1 heterocycles. The Morgan fingerprint density at radius 3 is 2.88 bits per heavy atom. The van der Waals surface area contributed by atoms with E-state index >= 15 is 0 Å². The fraction of sp³-hybridized carbons (Fsp3) is 0.100. The Kier molecular flexibility index (Phi) is 2.92. The van der Waals surface area contributed by atoms with E-state index in [4.69, 9.17) is 10.8 Å². The van der Waals surface area contributed by atoms with Gasteiger partial charge in [-0.05, 0) is 25.1 Å². The first-order valence-electron chi connectivity index (χ1n) is 4.76. The molecule has 4 N–H and O–H groups in total. The van der Waals surface area contributed by atoms with Crippen LogP contribution >= 0.6 is 11.5 Å². The lowest BCUT2D eigenvalue weighted by atomic mass is 10.2. The van der Waals surface area contributed by atoms with Crippen molar-refractivity contribution in [3.05, 3.63) is 29.6 Å². The summed E-state index contributed by atoms with van der Waals surface area (Å²) in [6.07, 6.45) is 0. The van der Waals surface area contributed by atoms with Crippen LogP contribution in [0.2, 0.25) is 0 Å². The van der Waals surface area contributed by atoms with Gasteiger partial charge in [0.25, 0.3) is 0 Å². The van der Waals surface area contributed by atoms with E-state index in [-0.39, 0.29) is 5.56 Å². The lowest BCUT2D eigenvalue weighted by Crippen LogP contribution is -2.01. The van der Waals surface area contributed by atoms with E-state index in [1.807, 2.05) is 0 Å².